The molecule has 0 atom stereocenters. The minimum Gasteiger partial charge on any atom is -0.394 e. The maximum Gasteiger partial charge on any atom is 0.125 e. The molecule has 1 fully saturated rings. The van der Waals surface area contributed by atoms with E-state index in [1.807, 2.05) is 13.0 Å². The summed E-state index contributed by atoms with van der Waals surface area (Å²) in [5, 5.41) is 12.5. The first-order valence-corrected chi connectivity index (χ1v) is 5.30. The van der Waals surface area contributed by atoms with Gasteiger partial charge in [-0.05, 0) is 49.9 Å². The SMILES string of the molecule is Cc1cc(F)cc(NC2(CO)CCC2)c1. The van der Waals surface area contributed by atoms with E-state index in [1.165, 1.54) is 12.1 Å². The van der Waals surface area contributed by atoms with Gasteiger partial charge in [-0.25, -0.2) is 4.39 Å². The van der Waals surface area contributed by atoms with Crippen LogP contribution >= 0.6 is 0 Å². The summed E-state index contributed by atoms with van der Waals surface area (Å²) in [6, 6.07) is 4.87. The molecule has 15 heavy (non-hydrogen) atoms. The molecular weight excluding hydrogens is 193 g/mol. The van der Waals surface area contributed by atoms with Crippen LogP contribution in [0, 0.1) is 12.7 Å². The first-order chi connectivity index (χ1) is 7.13. The van der Waals surface area contributed by atoms with E-state index in [2.05, 4.69) is 5.32 Å². The highest BCUT2D eigenvalue weighted by Gasteiger charge is 2.36. The van der Waals surface area contributed by atoms with Crippen LogP contribution in [0.15, 0.2) is 18.2 Å². The van der Waals surface area contributed by atoms with Gasteiger partial charge in [-0.1, -0.05) is 0 Å². The number of benzene rings is 1. The number of hydrogen-bond acceptors (Lipinski definition) is 2. The Bertz CT molecular complexity index is 335. The molecule has 2 rings (SSSR count). The van der Waals surface area contributed by atoms with Gasteiger partial charge < -0.3 is 10.4 Å². The number of halogens is 1. The molecule has 0 aliphatic heterocycles. The first-order valence-electron chi connectivity index (χ1n) is 5.30. The zero-order chi connectivity index (χ0) is 10.9. The second-order valence-corrected chi connectivity index (χ2v) is 4.43. The Morgan fingerprint density at radius 2 is 2.13 bits per heavy atom. The third kappa shape index (κ3) is 2.12. The Kier molecular flexibility index (Phi) is 2.65. The van der Waals surface area contributed by atoms with Crippen LogP contribution in [-0.4, -0.2) is 17.3 Å². The summed E-state index contributed by atoms with van der Waals surface area (Å²) < 4.78 is 13.1. The molecule has 0 saturated heterocycles. The number of aryl methyl sites for hydroxylation is 1. The largest absolute Gasteiger partial charge is 0.394 e. The zero-order valence-electron chi connectivity index (χ0n) is 8.89. The Balaban J connectivity index is 2.16. The van der Waals surface area contributed by atoms with Gasteiger partial charge in [0.05, 0.1) is 12.1 Å². The smallest absolute Gasteiger partial charge is 0.125 e. The molecule has 1 aromatic carbocycles. The van der Waals surface area contributed by atoms with Crippen LogP contribution in [0.5, 0.6) is 0 Å². The van der Waals surface area contributed by atoms with Crippen LogP contribution in [0.25, 0.3) is 0 Å². The number of aliphatic hydroxyl groups is 1. The summed E-state index contributed by atoms with van der Waals surface area (Å²) in [4.78, 5) is 0. The second kappa shape index (κ2) is 3.81. The molecule has 1 aliphatic rings. The van der Waals surface area contributed by atoms with Crippen molar-refractivity contribution in [2.24, 2.45) is 0 Å². The molecule has 1 aromatic rings. The van der Waals surface area contributed by atoms with E-state index in [9.17, 15) is 9.50 Å². The summed E-state index contributed by atoms with van der Waals surface area (Å²) in [6.07, 6.45) is 3.04. The van der Waals surface area contributed by atoms with Crippen LogP contribution in [0.4, 0.5) is 10.1 Å². The van der Waals surface area contributed by atoms with Gasteiger partial charge in [0.1, 0.15) is 5.82 Å². The summed E-state index contributed by atoms with van der Waals surface area (Å²) >= 11 is 0. The molecule has 0 bridgehead atoms. The van der Waals surface area contributed by atoms with Gasteiger partial charge in [0, 0.05) is 5.69 Å². The second-order valence-electron chi connectivity index (χ2n) is 4.43. The summed E-state index contributed by atoms with van der Waals surface area (Å²) in [5.74, 6) is -0.232. The molecule has 0 spiro atoms. The number of anilines is 1. The van der Waals surface area contributed by atoms with Crippen LogP contribution in [0.2, 0.25) is 0 Å². The third-order valence-electron chi connectivity index (χ3n) is 3.06. The van der Waals surface area contributed by atoms with Gasteiger partial charge in [-0.15, -0.1) is 0 Å². The molecule has 0 amide bonds. The van der Waals surface area contributed by atoms with Gasteiger partial charge in [-0.2, -0.15) is 0 Å². The number of hydrogen-bond donors (Lipinski definition) is 2. The van der Waals surface area contributed by atoms with Crippen molar-refractivity contribution >= 4 is 5.69 Å². The quantitative estimate of drug-likeness (QED) is 0.801. The van der Waals surface area contributed by atoms with Gasteiger partial charge in [0.2, 0.25) is 0 Å². The van der Waals surface area contributed by atoms with E-state index in [1.54, 1.807) is 0 Å². The molecule has 1 saturated carbocycles. The Morgan fingerprint density at radius 1 is 1.40 bits per heavy atom. The standard InChI is InChI=1S/C12H16FNO/c1-9-5-10(13)7-11(6-9)14-12(8-15)3-2-4-12/h5-7,14-15H,2-4,8H2,1H3. The van der Waals surface area contributed by atoms with Crippen LogP contribution in [0.1, 0.15) is 24.8 Å². The monoisotopic (exact) mass is 209 g/mol. The maximum atomic E-state index is 13.1. The average Bonchev–Trinajstić information content (AvgIpc) is 2.10. The highest BCUT2D eigenvalue weighted by molar-refractivity contribution is 5.48. The minimum absolute atomic E-state index is 0.114. The van der Waals surface area contributed by atoms with Crippen molar-refractivity contribution in [3.05, 3.63) is 29.6 Å². The third-order valence-corrected chi connectivity index (χ3v) is 3.06. The predicted octanol–water partition coefficient (Wildman–Crippen LogP) is 2.46. The van der Waals surface area contributed by atoms with Crippen molar-refractivity contribution in [3.8, 4) is 0 Å². The Morgan fingerprint density at radius 3 is 2.60 bits per heavy atom. The topological polar surface area (TPSA) is 32.3 Å². The van der Waals surface area contributed by atoms with Gasteiger partial charge in [0.25, 0.3) is 0 Å². The van der Waals surface area contributed by atoms with Gasteiger partial charge >= 0.3 is 0 Å². The fourth-order valence-corrected chi connectivity index (χ4v) is 2.04. The number of nitrogens with one attached hydrogen (secondary N) is 1. The van der Waals surface area contributed by atoms with Crippen molar-refractivity contribution < 1.29 is 9.50 Å². The highest BCUT2D eigenvalue weighted by atomic mass is 19.1. The molecule has 0 unspecified atom stereocenters. The van der Waals surface area contributed by atoms with E-state index in [4.69, 9.17) is 0 Å². The lowest BCUT2D eigenvalue weighted by Crippen LogP contribution is -2.48. The van der Waals surface area contributed by atoms with Crippen molar-refractivity contribution in [1.29, 1.82) is 0 Å². The molecule has 0 radical (unpaired) electrons. The molecular formula is C12H16FNO. The first kappa shape index (κ1) is 10.4. The fraction of sp³-hybridized carbons (Fsp3) is 0.500. The minimum atomic E-state index is -0.232. The van der Waals surface area contributed by atoms with Crippen molar-refractivity contribution in [1.82, 2.24) is 0 Å². The molecule has 0 heterocycles. The van der Waals surface area contributed by atoms with E-state index < -0.39 is 0 Å². The summed E-state index contributed by atoms with van der Waals surface area (Å²) in [6.45, 7) is 1.98. The van der Waals surface area contributed by atoms with Crippen molar-refractivity contribution in [2.75, 3.05) is 11.9 Å². The van der Waals surface area contributed by atoms with Crippen molar-refractivity contribution in [3.63, 3.8) is 0 Å². The molecule has 0 aromatic heterocycles. The van der Waals surface area contributed by atoms with E-state index in [0.29, 0.717) is 0 Å². The summed E-state index contributed by atoms with van der Waals surface area (Å²) in [7, 11) is 0. The Labute approximate surface area is 89.1 Å². The molecule has 1 aliphatic carbocycles. The lowest BCUT2D eigenvalue weighted by atomic mass is 9.77. The summed E-state index contributed by atoms with van der Waals surface area (Å²) in [5.41, 5.74) is 1.45. The maximum absolute atomic E-state index is 13.1. The van der Waals surface area contributed by atoms with Crippen LogP contribution in [-0.2, 0) is 0 Å². The molecule has 82 valence electrons. The van der Waals surface area contributed by atoms with Crippen LogP contribution < -0.4 is 5.32 Å². The average molecular weight is 209 g/mol. The fourth-order valence-electron chi connectivity index (χ4n) is 2.04. The lowest BCUT2D eigenvalue weighted by molar-refractivity contribution is 0.144. The van der Waals surface area contributed by atoms with E-state index in [0.717, 1.165) is 30.5 Å². The molecule has 2 N–H and O–H groups in total. The van der Waals surface area contributed by atoms with E-state index >= 15 is 0 Å². The predicted molar refractivity (Wildman–Crippen MR) is 58.4 cm³/mol. The molecule has 2 nitrogen and oxygen atoms in total. The lowest BCUT2D eigenvalue weighted by Gasteiger charge is -2.42. The molecule has 3 heteroatoms. The number of rotatable bonds is 3. The van der Waals surface area contributed by atoms with Crippen LogP contribution in [0.3, 0.4) is 0 Å². The van der Waals surface area contributed by atoms with Gasteiger partial charge in [0.15, 0.2) is 0 Å². The normalized spacial score (nSPS) is 18.3. The highest BCUT2D eigenvalue weighted by Crippen LogP contribution is 2.35. The van der Waals surface area contributed by atoms with Gasteiger partial charge in [-0.3, -0.25) is 0 Å². The Hall–Kier alpha value is -1.09. The van der Waals surface area contributed by atoms with Crippen molar-refractivity contribution in [2.45, 2.75) is 31.7 Å². The van der Waals surface area contributed by atoms with E-state index in [-0.39, 0.29) is 18.0 Å². The zero-order valence-corrected chi connectivity index (χ0v) is 8.89. The number of aliphatic hydroxyl groups excluding tert-OH is 1.